The molecule has 1 saturated carbocycles. The molecule has 1 heterocycles. The van der Waals surface area contributed by atoms with Crippen LogP contribution in [0, 0.1) is 11.8 Å². The van der Waals surface area contributed by atoms with Gasteiger partial charge in [0.2, 0.25) is 11.8 Å². The third-order valence-electron chi connectivity index (χ3n) is 4.58. The highest BCUT2D eigenvalue weighted by atomic mass is 16.3. The lowest BCUT2D eigenvalue weighted by atomic mass is 10.0. The number of hydrogen-bond acceptors (Lipinski definition) is 4. The van der Waals surface area contributed by atoms with Gasteiger partial charge in [-0.1, -0.05) is 13.8 Å². The van der Waals surface area contributed by atoms with Crippen LogP contribution in [-0.4, -0.2) is 58.3 Å². The van der Waals surface area contributed by atoms with Gasteiger partial charge in [0.1, 0.15) is 0 Å². The fourth-order valence-corrected chi connectivity index (χ4v) is 3.30. The van der Waals surface area contributed by atoms with Crippen molar-refractivity contribution in [1.82, 2.24) is 10.2 Å². The van der Waals surface area contributed by atoms with Gasteiger partial charge in [-0.25, -0.2) is 0 Å². The van der Waals surface area contributed by atoms with E-state index in [-0.39, 0.29) is 30.2 Å². The summed E-state index contributed by atoms with van der Waals surface area (Å²) in [5.74, 6) is 0.107. The zero-order valence-corrected chi connectivity index (χ0v) is 13.5. The molecule has 0 aromatic rings. The lowest BCUT2D eigenvalue weighted by Gasteiger charge is -2.20. The van der Waals surface area contributed by atoms with E-state index in [1.807, 2.05) is 0 Å². The van der Waals surface area contributed by atoms with Gasteiger partial charge in [-0.2, -0.15) is 0 Å². The maximum Gasteiger partial charge on any atom is 0.225 e. The molecule has 0 bridgehead atoms. The normalized spacial score (nSPS) is 33.1. The van der Waals surface area contributed by atoms with E-state index in [9.17, 15) is 19.8 Å². The van der Waals surface area contributed by atoms with E-state index in [4.69, 9.17) is 0 Å². The number of aliphatic hydroxyl groups excluding tert-OH is 2. The lowest BCUT2D eigenvalue weighted by molar-refractivity contribution is -0.129. The van der Waals surface area contributed by atoms with Crippen molar-refractivity contribution in [3.05, 3.63) is 0 Å². The monoisotopic (exact) mass is 312 g/mol. The van der Waals surface area contributed by atoms with Crippen LogP contribution in [0.4, 0.5) is 0 Å². The summed E-state index contributed by atoms with van der Waals surface area (Å²) in [6.45, 7) is 5.32. The van der Waals surface area contributed by atoms with Crippen LogP contribution in [0.1, 0.15) is 46.0 Å². The number of hydrogen-bond donors (Lipinski definition) is 3. The molecule has 4 atom stereocenters. The minimum Gasteiger partial charge on any atom is -0.390 e. The number of aliphatic hydroxyl groups is 2. The van der Waals surface area contributed by atoms with E-state index in [1.54, 1.807) is 4.90 Å². The maximum atomic E-state index is 12.4. The summed E-state index contributed by atoms with van der Waals surface area (Å²) in [6.07, 6.45) is 1.22. The fraction of sp³-hybridized carbons (Fsp3) is 0.875. The zero-order valence-electron chi connectivity index (χ0n) is 13.5. The van der Waals surface area contributed by atoms with Crippen LogP contribution in [0.5, 0.6) is 0 Å². The molecule has 2 fully saturated rings. The first-order valence-electron chi connectivity index (χ1n) is 8.31. The van der Waals surface area contributed by atoms with Crippen LogP contribution in [0.25, 0.3) is 0 Å². The topological polar surface area (TPSA) is 89.9 Å². The molecule has 126 valence electrons. The number of nitrogens with one attached hydrogen (secondary N) is 1. The van der Waals surface area contributed by atoms with Crippen molar-refractivity contribution >= 4 is 11.8 Å². The molecule has 0 radical (unpaired) electrons. The van der Waals surface area contributed by atoms with Crippen LogP contribution in [0.15, 0.2) is 0 Å². The van der Waals surface area contributed by atoms with Gasteiger partial charge in [0, 0.05) is 25.6 Å². The van der Waals surface area contributed by atoms with Crippen molar-refractivity contribution < 1.29 is 19.8 Å². The molecule has 22 heavy (non-hydrogen) atoms. The SMILES string of the molecule is CC(C)CN1CC(C(=O)NC2CC[C@@H](O)[C@@H](O)CC2)CC1=O. The van der Waals surface area contributed by atoms with Crippen LogP contribution in [0.3, 0.4) is 0 Å². The molecule has 6 nitrogen and oxygen atoms in total. The quantitative estimate of drug-likeness (QED) is 0.650. The molecule has 0 spiro atoms. The summed E-state index contributed by atoms with van der Waals surface area (Å²) < 4.78 is 0. The Labute approximate surface area is 131 Å². The molecule has 2 unspecified atom stereocenters. The van der Waals surface area contributed by atoms with Gasteiger partial charge in [0.25, 0.3) is 0 Å². The first kappa shape index (κ1) is 17.2. The number of amides is 2. The lowest BCUT2D eigenvalue weighted by Crippen LogP contribution is -2.40. The molecule has 2 amide bonds. The number of rotatable bonds is 4. The smallest absolute Gasteiger partial charge is 0.225 e. The first-order valence-corrected chi connectivity index (χ1v) is 8.31. The van der Waals surface area contributed by atoms with Crippen molar-refractivity contribution in [2.45, 2.75) is 64.2 Å². The van der Waals surface area contributed by atoms with Crippen LogP contribution in [-0.2, 0) is 9.59 Å². The van der Waals surface area contributed by atoms with E-state index in [2.05, 4.69) is 19.2 Å². The van der Waals surface area contributed by atoms with E-state index < -0.39 is 12.2 Å². The second-order valence-electron chi connectivity index (χ2n) is 7.09. The highest BCUT2D eigenvalue weighted by molar-refractivity contribution is 5.89. The molecule has 1 aliphatic heterocycles. The molecular weight excluding hydrogens is 284 g/mol. The number of carbonyl (C=O) groups is 2. The van der Waals surface area contributed by atoms with Gasteiger partial charge in [0.05, 0.1) is 18.1 Å². The van der Waals surface area contributed by atoms with Crippen LogP contribution in [0.2, 0.25) is 0 Å². The fourth-order valence-electron chi connectivity index (χ4n) is 3.30. The average Bonchev–Trinajstić information content (AvgIpc) is 2.73. The minimum atomic E-state index is -0.698. The molecule has 2 aliphatic rings. The number of nitrogens with zero attached hydrogens (tertiary/aromatic N) is 1. The Bertz CT molecular complexity index is 401. The Balaban J connectivity index is 1.84. The molecule has 0 aromatic heterocycles. The molecule has 2 rings (SSSR count). The maximum absolute atomic E-state index is 12.4. The highest BCUT2D eigenvalue weighted by Crippen LogP contribution is 2.22. The Morgan fingerprint density at radius 1 is 1.23 bits per heavy atom. The van der Waals surface area contributed by atoms with Crippen LogP contribution >= 0.6 is 0 Å². The van der Waals surface area contributed by atoms with Gasteiger partial charge in [-0.3, -0.25) is 9.59 Å². The van der Waals surface area contributed by atoms with E-state index >= 15 is 0 Å². The van der Waals surface area contributed by atoms with E-state index in [0.29, 0.717) is 44.7 Å². The van der Waals surface area contributed by atoms with E-state index in [0.717, 1.165) is 0 Å². The van der Waals surface area contributed by atoms with Crippen molar-refractivity contribution in [2.24, 2.45) is 11.8 Å². The van der Waals surface area contributed by atoms with Crippen molar-refractivity contribution in [3.8, 4) is 0 Å². The summed E-state index contributed by atoms with van der Waals surface area (Å²) in [7, 11) is 0. The van der Waals surface area contributed by atoms with Gasteiger partial charge < -0.3 is 20.4 Å². The molecule has 1 saturated heterocycles. The second kappa shape index (κ2) is 7.42. The standard InChI is InChI=1S/C16H28N2O4/c1-10(2)8-18-9-11(7-15(18)21)16(22)17-12-3-5-13(19)14(20)6-4-12/h10-14,19-20H,3-9H2,1-2H3,(H,17,22)/t11?,12?,13-,14+. The first-order chi connectivity index (χ1) is 10.4. The number of carbonyl (C=O) groups excluding carboxylic acids is 2. The third-order valence-corrected chi connectivity index (χ3v) is 4.58. The van der Waals surface area contributed by atoms with Gasteiger partial charge in [-0.15, -0.1) is 0 Å². The Hall–Kier alpha value is -1.14. The predicted octanol–water partition coefficient (Wildman–Crippen LogP) is 0.271. The summed E-state index contributed by atoms with van der Waals surface area (Å²) in [5.41, 5.74) is 0. The van der Waals surface area contributed by atoms with Gasteiger partial charge in [-0.05, 0) is 31.6 Å². The average molecular weight is 312 g/mol. The molecular formula is C16H28N2O4. The molecule has 3 N–H and O–H groups in total. The zero-order chi connectivity index (χ0) is 16.3. The Morgan fingerprint density at radius 2 is 1.82 bits per heavy atom. The minimum absolute atomic E-state index is 0.0199. The molecule has 1 aliphatic carbocycles. The van der Waals surface area contributed by atoms with Gasteiger partial charge >= 0.3 is 0 Å². The van der Waals surface area contributed by atoms with Crippen molar-refractivity contribution in [2.75, 3.05) is 13.1 Å². The summed E-state index contributed by atoms with van der Waals surface area (Å²) >= 11 is 0. The summed E-state index contributed by atoms with van der Waals surface area (Å²) in [5, 5.41) is 22.3. The predicted molar refractivity (Wildman–Crippen MR) is 81.9 cm³/mol. The Kier molecular flexibility index (Phi) is 5.81. The second-order valence-corrected chi connectivity index (χ2v) is 7.09. The van der Waals surface area contributed by atoms with Crippen molar-refractivity contribution in [1.29, 1.82) is 0 Å². The Morgan fingerprint density at radius 3 is 2.36 bits per heavy atom. The third kappa shape index (κ3) is 4.43. The molecule has 0 aromatic carbocycles. The largest absolute Gasteiger partial charge is 0.390 e. The summed E-state index contributed by atoms with van der Waals surface area (Å²) in [4.78, 5) is 26.1. The van der Waals surface area contributed by atoms with Gasteiger partial charge in [0.15, 0.2) is 0 Å². The summed E-state index contributed by atoms with van der Waals surface area (Å²) in [6, 6.07) is -0.0199. The van der Waals surface area contributed by atoms with Crippen LogP contribution < -0.4 is 5.32 Å². The highest BCUT2D eigenvalue weighted by Gasteiger charge is 2.35. The van der Waals surface area contributed by atoms with Crippen molar-refractivity contribution in [3.63, 3.8) is 0 Å². The number of likely N-dealkylation sites (tertiary alicyclic amines) is 1. The molecule has 6 heteroatoms. The van der Waals surface area contributed by atoms with E-state index in [1.165, 1.54) is 0 Å².